The Labute approximate surface area is 327 Å². The van der Waals surface area contributed by atoms with Crippen molar-refractivity contribution < 1.29 is 33.9 Å². The number of nitrogens with one attached hydrogen (secondary N) is 5. The highest BCUT2D eigenvalue weighted by atomic mass is 16.4. The predicted molar refractivity (Wildman–Crippen MR) is 217 cm³/mol. The van der Waals surface area contributed by atoms with E-state index in [1.165, 1.54) is 103 Å². The number of amides is 5. The van der Waals surface area contributed by atoms with E-state index in [0.717, 1.165) is 25.7 Å². The molecule has 0 saturated carbocycles. The van der Waals surface area contributed by atoms with Gasteiger partial charge >= 0.3 is 5.97 Å². The summed E-state index contributed by atoms with van der Waals surface area (Å²) in [6, 6.07) is -0.977. The van der Waals surface area contributed by atoms with E-state index in [0.29, 0.717) is 38.9 Å². The van der Waals surface area contributed by atoms with Gasteiger partial charge in [-0.3, -0.25) is 28.8 Å². The van der Waals surface area contributed by atoms with Gasteiger partial charge in [-0.1, -0.05) is 129 Å². The summed E-state index contributed by atoms with van der Waals surface area (Å²) in [6.45, 7) is 6.33. The molecule has 5 amide bonds. The standard InChI is InChI=1S/C42H79N5O7/c1-3-5-7-9-11-13-15-17-19-21-32-43-37(48)27-24-34-45-39(50)31-30-36(47-40(51)26-23-29-41(52)53)42(54)46-35-25-28-38(49)44-33-22-20-18-16-14-12-10-8-6-4-2/h36H,3-35H2,1-2H3,(H,43,48)(H,44,49)(H,45,50)(H,46,54)(H,47,51)(H,52,53). The van der Waals surface area contributed by atoms with Crippen LogP contribution in [0.3, 0.4) is 0 Å². The average molecular weight is 766 g/mol. The second-order valence-electron chi connectivity index (χ2n) is 14.8. The van der Waals surface area contributed by atoms with Crippen LogP contribution in [0.15, 0.2) is 0 Å². The number of carbonyl (C=O) groups excluding carboxylic acids is 5. The zero-order valence-electron chi connectivity index (χ0n) is 34.3. The molecule has 0 fully saturated rings. The molecule has 314 valence electrons. The Balaban J connectivity index is 4.28. The van der Waals surface area contributed by atoms with Crippen molar-refractivity contribution in [3.63, 3.8) is 0 Å². The molecule has 0 bridgehead atoms. The van der Waals surface area contributed by atoms with E-state index >= 15 is 0 Å². The Morgan fingerprint density at radius 1 is 0.389 bits per heavy atom. The molecule has 0 rings (SSSR count). The van der Waals surface area contributed by atoms with Crippen LogP contribution in [-0.4, -0.2) is 72.8 Å². The van der Waals surface area contributed by atoms with Gasteiger partial charge in [-0.2, -0.15) is 0 Å². The lowest BCUT2D eigenvalue weighted by Gasteiger charge is -2.18. The highest BCUT2D eigenvalue weighted by Gasteiger charge is 2.22. The van der Waals surface area contributed by atoms with Crippen molar-refractivity contribution in [1.82, 2.24) is 26.6 Å². The van der Waals surface area contributed by atoms with Crippen LogP contribution in [0.4, 0.5) is 0 Å². The Bertz CT molecular complexity index is 994. The summed E-state index contributed by atoms with van der Waals surface area (Å²) in [7, 11) is 0. The summed E-state index contributed by atoms with van der Waals surface area (Å²) in [6.07, 6.45) is 26.2. The fraction of sp³-hybridized carbons (Fsp3) is 0.857. The van der Waals surface area contributed by atoms with Crippen molar-refractivity contribution in [1.29, 1.82) is 0 Å². The minimum absolute atomic E-state index is 0.0141. The molecule has 1 unspecified atom stereocenters. The fourth-order valence-corrected chi connectivity index (χ4v) is 6.22. The summed E-state index contributed by atoms with van der Waals surface area (Å²) in [5.74, 6) is -2.32. The number of unbranched alkanes of at least 4 members (excludes halogenated alkanes) is 18. The monoisotopic (exact) mass is 766 g/mol. The molecule has 0 aromatic heterocycles. The molecule has 0 spiro atoms. The van der Waals surface area contributed by atoms with E-state index in [-0.39, 0.29) is 62.8 Å². The number of hydrogen-bond donors (Lipinski definition) is 6. The molecule has 54 heavy (non-hydrogen) atoms. The van der Waals surface area contributed by atoms with Crippen molar-refractivity contribution in [2.75, 3.05) is 26.2 Å². The molecule has 0 aliphatic heterocycles. The lowest BCUT2D eigenvalue weighted by atomic mass is 10.1. The van der Waals surface area contributed by atoms with Crippen LogP contribution in [0, 0.1) is 0 Å². The van der Waals surface area contributed by atoms with Crippen LogP contribution < -0.4 is 26.6 Å². The molecule has 6 N–H and O–H groups in total. The van der Waals surface area contributed by atoms with Crippen LogP contribution in [0.25, 0.3) is 0 Å². The molecule has 0 aromatic carbocycles. The second-order valence-corrected chi connectivity index (χ2v) is 14.8. The molecule has 1 atom stereocenters. The van der Waals surface area contributed by atoms with Crippen LogP contribution in [0.1, 0.15) is 200 Å². The van der Waals surface area contributed by atoms with Crippen LogP contribution >= 0.6 is 0 Å². The van der Waals surface area contributed by atoms with Gasteiger partial charge < -0.3 is 31.7 Å². The maximum Gasteiger partial charge on any atom is 0.303 e. The minimum Gasteiger partial charge on any atom is -0.481 e. The summed E-state index contributed by atoms with van der Waals surface area (Å²) in [5.41, 5.74) is 0. The van der Waals surface area contributed by atoms with Gasteiger partial charge in [0.25, 0.3) is 0 Å². The van der Waals surface area contributed by atoms with E-state index in [2.05, 4.69) is 40.4 Å². The van der Waals surface area contributed by atoms with Crippen LogP contribution in [-0.2, 0) is 28.8 Å². The number of carboxylic acid groups (broad SMARTS) is 1. The Hall–Kier alpha value is -3.18. The third-order valence-electron chi connectivity index (χ3n) is 9.59. The van der Waals surface area contributed by atoms with Crippen molar-refractivity contribution in [2.45, 2.75) is 206 Å². The number of carbonyl (C=O) groups is 6. The summed E-state index contributed by atoms with van der Waals surface area (Å²) >= 11 is 0. The first-order valence-electron chi connectivity index (χ1n) is 21.8. The van der Waals surface area contributed by atoms with Gasteiger partial charge in [0.1, 0.15) is 6.04 Å². The zero-order chi connectivity index (χ0) is 39.9. The molecule has 0 aromatic rings. The van der Waals surface area contributed by atoms with Gasteiger partial charge in [0, 0.05) is 58.3 Å². The van der Waals surface area contributed by atoms with E-state index < -0.39 is 23.8 Å². The molecular weight excluding hydrogens is 686 g/mol. The van der Waals surface area contributed by atoms with Crippen molar-refractivity contribution >= 4 is 35.5 Å². The van der Waals surface area contributed by atoms with Gasteiger partial charge in [0.15, 0.2) is 0 Å². The highest BCUT2D eigenvalue weighted by Crippen LogP contribution is 2.11. The van der Waals surface area contributed by atoms with Crippen LogP contribution in [0.5, 0.6) is 0 Å². The third kappa shape index (κ3) is 35.8. The summed E-state index contributed by atoms with van der Waals surface area (Å²) in [4.78, 5) is 73.1. The van der Waals surface area contributed by atoms with Gasteiger partial charge in [-0.25, -0.2) is 0 Å². The third-order valence-corrected chi connectivity index (χ3v) is 9.59. The largest absolute Gasteiger partial charge is 0.481 e. The molecule has 12 heteroatoms. The van der Waals surface area contributed by atoms with E-state index in [1.54, 1.807) is 0 Å². The molecule has 0 heterocycles. The lowest BCUT2D eigenvalue weighted by molar-refractivity contribution is -0.137. The molecule has 0 aliphatic rings. The Kier molecular flexibility index (Phi) is 35.9. The summed E-state index contributed by atoms with van der Waals surface area (Å²) < 4.78 is 0. The average Bonchev–Trinajstić information content (AvgIpc) is 3.14. The lowest BCUT2D eigenvalue weighted by Crippen LogP contribution is -2.47. The minimum atomic E-state index is -1.01. The highest BCUT2D eigenvalue weighted by molar-refractivity contribution is 5.88. The Morgan fingerprint density at radius 2 is 0.741 bits per heavy atom. The zero-order valence-corrected chi connectivity index (χ0v) is 34.3. The number of aliphatic carboxylic acids is 1. The van der Waals surface area contributed by atoms with Gasteiger partial charge in [0.05, 0.1) is 0 Å². The first kappa shape index (κ1) is 50.8. The molecule has 0 saturated heterocycles. The molecule has 12 nitrogen and oxygen atoms in total. The van der Waals surface area contributed by atoms with Gasteiger partial charge in [-0.05, 0) is 38.5 Å². The van der Waals surface area contributed by atoms with Gasteiger partial charge in [-0.15, -0.1) is 0 Å². The Morgan fingerprint density at radius 3 is 1.17 bits per heavy atom. The van der Waals surface area contributed by atoms with Crippen molar-refractivity contribution in [3.05, 3.63) is 0 Å². The first-order chi connectivity index (χ1) is 26.2. The van der Waals surface area contributed by atoms with Crippen LogP contribution in [0.2, 0.25) is 0 Å². The second kappa shape index (κ2) is 38.1. The van der Waals surface area contributed by atoms with E-state index in [4.69, 9.17) is 5.11 Å². The quantitative estimate of drug-likeness (QED) is 0.0353. The maximum absolute atomic E-state index is 13.0. The van der Waals surface area contributed by atoms with E-state index in [1.807, 2.05) is 0 Å². The fourth-order valence-electron chi connectivity index (χ4n) is 6.22. The normalized spacial score (nSPS) is 11.4. The maximum atomic E-state index is 13.0. The predicted octanol–water partition coefficient (Wildman–Crippen LogP) is 7.37. The molecule has 0 radical (unpaired) electrons. The topological polar surface area (TPSA) is 183 Å². The van der Waals surface area contributed by atoms with Crippen molar-refractivity contribution in [3.8, 4) is 0 Å². The SMILES string of the molecule is CCCCCCCCCCCCNC(=O)CCCNC(=O)CCC(NC(=O)CCCC(=O)O)C(=O)NCCCC(=O)NCCCCCCCCCCCC. The molecule has 0 aliphatic carbocycles. The van der Waals surface area contributed by atoms with E-state index in [9.17, 15) is 28.8 Å². The number of rotatable bonds is 39. The number of carboxylic acids is 1. The number of hydrogen-bond acceptors (Lipinski definition) is 6. The van der Waals surface area contributed by atoms with Gasteiger partial charge in [0.2, 0.25) is 29.5 Å². The molecular formula is C42H79N5O7. The first-order valence-corrected chi connectivity index (χ1v) is 21.8. The van der Waals surface area contributed by atoms with Crippen molar-refractivity contribution in [2.24, 2.45) is 0 Å². The smallest absolute Gasteiger partial charge is 0.303 e. The summed E-state index contributed by atoms with van der Waals surface area (Å²) in [5, 5.41) is 22.9.